The van der Waals surface area contributed by atoms with Crippen LogP contribution in [0.5, 0.6) is 23.0 Å². The summed E-state index contributed by atoms with van der Waals surface area (Å²) in [5.74, 6) is -1.35. The van der Waals surface area contributed by atoms with E-state index in [1.165, 1.54) is 57.2 Å². The van der Waals surface area contributed by atoms with Gasteiger partial charge in [-0.15, -0.1) is 0 Å². The average Bonchev–Trinajstić information content (AvgIpc) is 2.91. The molecule has 0 saturated heterocycles. The standard InChI is InChI=1S/C21H16O8/c1-11(22)26-15-5-6-16-18(10-15)29-20(21(16)25)9-14-4-7-17(27-12(2)23)19(8-14)28-13(3)24/h4-10H,1-3H3/b20-9-. The summed E-state index contributed by atoms with van der Waals surface area (Å²) in [6.07, 6.45) is 1.46. The molecule has 1 aliphatic rings. The van der Waals surface area contributed by atoms with Gasteiger partial charge in [0.25, 0.3) is 0 Å². The highest BCUT2D eigenvalue weighted by Gasteiger charge is 2.28. The molecule has 1 heterocycles. The van der Waals surface area contributed by atoms with E-state index in [4.69, 9.17) is 18.9 Å². The first-order chi connectivity index (χ1) is 13.7. The molecule has 0 aromatic heterocycles. The summed E-state index contributed by atoms with van der Waals surface area (Å²) in [5, 5.41) is 0. The monoisotopic (exact) mass is 396 g/mol. The lowest BCUT2D eigenvalue weighted by Crippen LogP contribution is -2.07. The van der Waals surface area contributed by atoms with Crippen molar-refractivity contribution in [3.63, 3.8) is 0 Å². The molecular weight excluding hydrogens is 380 g/mol. The van der Waals surface area contributed by atoms with E-state index in [0.717, 1.165) is 0 Å². The highest BCUT2D eigenvalue weighted by molar-refractivity contribution is 6.14. The van der Waals surface area contributed by atoms with Crippen molar-refractivity contribution in [1.82, 2.24) is 0 Å². The Morgan fingerprint density at radius 3 is 2.14 bits per heavy atom. The zero-order valence-corrected chi connectivity index (χ0v) is 15.8. The van der Waals surface area contributed by atoms with Crippen molar-refractivity contribution in [1.29, 1.82) is 0 Å². The van der Waals surface area contributed by atoms with Crippen LogP contribution in [0.3, 0.4) is 0 Å². The lowest BCUT2D eigenvalue weighted by Gasteiger charge is -2.09. The summed E-state index contributed by atoms with van der Waals surface area (Å²) in [5.41, 5.74) is 0.803. The van der Waals surface area contributed by atoms with E-state index < -0.39 is 17.9 Å². The maximum Gasteiger partial charge on any atom is 0.308 e. The van der Waals surface area contributed by atoms with Crippen molar-refractivity contribution in [3.05, 3.63) is 53.3 Å². The van der Waals surface area contributed by atoms with E-state index in [2.05, 4.69) is 0 Å². The molecule has 0 radical (unpaired) electrons. The maximum atomic E-state index is 12.6. The molecule has 148 valence electrons. The predicted octanol–water partition coefficient (Wildman–Crippen LogP) is 3.08. The Morgan fingerprint density at radius 1 is 0.828 bits per heavy atom. The van der Waals surface area contributed by atoms with E-state index in [0.29, 0.717) is 11.1 Å². The van der Waals surface area contributed by atoms with Crippen molar-refractivity contribution in [2.75, 3.05) is 0 Å². The molecule has 8 heteroatoms. The van der Waals surface area contributed by atoms with Crippen LogP contribution in [-0.4, -0.2) is 23.7 Å². The van der Waals surface area contributed by atoms with Crippen molar-refractivity contribution in [2.24, 2.45) is 0 Å². The highest BCUT2D eigenvalue weighted by atomic mass is 16.6. The number of carbonyl (C=O) groups excluding carboxylic acids is 4. The largest absolute Gasteiger partial charge is 0.452 e. The second-order valence-electron chi connectivity index (χ2n) is 6.08. The molecule has 0 bridgehead atoms. The quantitative estimate of drug-likeness (QED) is 0.441. The number of hydrogen-bond acceptors (Lipinski definition) is 8. The molecule has 0 atom stereocenters. The zero-order valence-electron chi connectivity index (χ0n) is 15.8. The molecule has 8 nitrogen and oxygen atoms in total. The Bertz CT molecular complexity index is 1060. The Hall–Kier alpha value is -3.94. The molecule has 29 heavy (non-hydrogen) atoms. The van der Waals surface area contributed by atoms with E-state index in [9.17, 15) is 19.2 Å². The first-order valence-electron chi connectivity index (χ1n) is 8.50. The first kappa shape index (κ1) is 19.8. The Balaban J connectivity index is 1.91. The normalized spacial score (nSPS) is 13.5. The van der Waals surface area contributed by atoms with Crippen LogP contribution in [0.1, 0.15) is 36.7 Å². The van der Waals surface area contributed by atoms with Crippen molar-refractivity contribution < 1.29 is 38.1 Å². The van der Waals surface area contributed by atoms with Crippen molar-refractivity contribution >= 4 is 29.8 Å². The fourth-order valence-electron chi connectivity index (χ4n) is 2.64. The van der Waals surface area contributed by atoms with Gasteiger partial charge < -0.3 is 18.9 Å². The van der Waals surface area contributed by atoms with Gasteiger partial charge in [-0.05, 0) is 35.9 Å². The number of rotatable bonds is 4. The SMILES string of the molecule is CC(=O)Oc1ccc2c(c1)O/C(=C\c1ccc(OC(C)=O)c(OC(C)=O)c1)C2=O. The third kappa shape index (κ3) is 4.67. The van der Waals surface area contributed by atoms with Gasteiger partial charge >= 0.3 is 17.9 Å². The molecule has 0 unspecified atom stereocenters. The van der Waals surface area contributed by atoms with Gasteiger partial charge in [0.05, 0.1) is 5.56 Å². The molecular formula is C21H16O8. The summed E-state index contributed by atoms with van der Waals surface area (Å²) in [6, 6.07) is 8.90. The summed E-state index contributed by atoms with van der Waals surface area (Å²) >= 11 is 0. The third-order valence-electron chi connectivity index (χ3n) is 3.68. The number of hydrogen-bond donors (Lipinski definition) is 0. The second-order valence-corrected chi connectivity index (χ2v) is 6.08. The molecule has 2 aromatic rings. The fraction of sp³-hybridized carbons (Fsp3) is 0.143. The van der Waals surface area contributed by atoms with Crippen LogP contribution in [0.4, 0.5) is 0 Å². The van der Waals surface area contributed by atoms with Gasteiger partial charge in [0.1, 0.15) is 11.5 Å². The number of fused-ring (bicyclic) bond motifs is 1. The fourth-order valence-corrected chi connectivity index (χ4v) is 2.64. The van der Waals surface area contributed by atoms with Crippen LogP contribution >= 0.6 is 0 Å². The van der Waals surface area contributed by atoms with E-state index in [-0.39, 0.29) is 34.5 Å². The molecule has 0 fully saturated rings. The van der Waals surface area contributed by atoms with Crippen LogP contribution in [0.15, 0.2) is 42.2 Å². The van der Waals surface area contributed by atoms with Gasteiger partial charge in [-0.25, -0.2) is 0 Å². The molecule has 0 amide bonds. The van der Waals surface area contributed by atoms with Crippen LogP contribution < -0.4 is 18.9 Å². The van der Waals surface area contributed by atoms with Crippen LogP contribution in [0.2, 0.25) is 0 Å². The minimum Gasteiger partial charge on any atom is -0.452 e. The number of Topliss-reactive ketones (excluding diaryl/α,β-unsaturated/α-hetero) is 1. The minimum atomic E-state index is -0.596. The second kappa shape index (κ2) is 7.97. The minimum absolute atomic E-state index is 0.0298. The molecule has 3 rings (SSSR count). The Kier molecular flexibility index (Phi) is 5.45. The summed E-state index contributed by atoms with van der Waals surface area (Å²) in [4.78, 5) is 46.2. The summed E-state index contributed by atoms with van der Waals surface area (Å²) in [7, 11) is 0. The molecule has 0 spiro atoms. The number of esters is 3. The van der Waals surface area contributed by atoms with Gasteiger partial charge in [-0.1, -0.05) is 6.07 Å². The topological polar surface area (TPSA) is 105 Å². The number of ketones is 1. The molecule has 0 saturated carbocycles. The smallest absolute Gasteiger partial charge is 0.308 e. The number of allylic oxidation sites excluding steroid dienone is 1. The number of carbonyl (C=O) groups is 4. The number of benzene rings is 2. The number of ether oxygens (including phenoxy) is 4. The van der Waals surface area contributed by atoms with Crippen LogP contribution in [0, 0.1) is 0 Å². The van der Waals surface area contributed by atoms with Gasteiger partial charge in [0, 0.05) is 26.8 Å². The van der Waals surface area contributed by atoms with Gasteiger partial charge in [0.2, 0.25) is 5.78 Å². The maximum absolute atomic E-state index is 12.6. The van der Waals surface area contributed by atoms with Crippen molar-refractivity contribution in [3.8, 4) is 23.0 Å². The third-order valence-corrected chi connectivity index (χ3v) is 3.68. The lowest BCUT2D eigenvalue weighted by atomic mass is 10.1. The highest BCUT2D eigenvalue weighted by Crippen LogP contribution is 2.36. The molecule has 0 N–H and O–H groups in total. The Morgan fingerprint density at radius 2 is 1.48 bits per heavy atom. The predicted molar refractivity (Wildman–Crippen MR) is 99.7 cm³/mol. The molecule has 1 aliphatic heterocycles. The van der Waals surface area contributed by atoms with Gasteiger partial charge in [-0.2, -0.15) is 0 Å². The molecule has 0 aliphatic carbocycles. The average molecular weight is 396 g/mol. The molecule has 2 aromatic carbocycles. The van der Waals surface area contributed by atoms with Gasteiger partial charge in [-0.3, -0.25) is 19.2 Å². The lowest BCUT2D eigenvalue weighted by molar-refractivity contribution is -0.134. The van der Waals surface area contributed by atoms with Crippen LogP contribution in [0.25, 0.3) is 6.08 Å². The van der Waals surface area contributed by atoms with E-state index >= 15 is 0 Å². The van der Waals surface area contributed by atoms with E-state index in [1.807, 2.05) is 0 Å². The Labute approximate surface area is 165 Å². The first-order valence-corrected chi connectivity index (χ1v) is 8.50. The summed E-state index contributed by atoms with van der Waals surface area (Å²) in [6.45, 7) is 3.70. The van der Waals surface area contributed by atoms with Crippen molar-refractivity contribution in [2.45, 2.75) is 20.8 Å². The van der Waals surface area contributed by atoms with Gasteiger partial charge in [0.15, 0.2) is 17.3 Å². The van der Waals surface area contributed by atoms with E-state index in [1.54, 1.807) is 6.07 Å². The van der Waals surface area contributed by atoms with Crippen LogP contribution in [-0.2, 0) is 14.4 Å². The zero-order chi connectivity index (χ0) is 21.1. The summed E-state index contributed by atoms with van der Waals surface area (Å²) < 4.78 is 20.7.